The summed E-state index contributed by atoms with van der Waals surface area (Å²) >= 11 is 0. The van der Waals surface area contributed by atoms with Crippen molar-refractivity contribution in [2.45, 2.75) is 38.5 Å². The van der Waals surface area contributed by atoms with Crippen molar-refractivity contribution in [3.8, 4) is 0 Å². The van der Waals surface area contributed by atoms with Gasteiger partial charge in [0, 0.05) is 37.2 Å². The Bertz CT molecular complexity index is 756. The maximum absolute atomic E-state index is 12.3. The zero-order valence-electron chi connectivity index (χ0n) is 15.1. The van der Waals surface area contributed by atoms with Crippen molar-refractivity contribution in [1.29, 1.82) is 0 Å². The number of aryl methyl sites for hydroxylation is 2. The highest BCUT2D eigenvalue weighted by Gasteiger charge is 2.14. The number of ketones is 1. The minimum atomic E-state index is -0.0563. The van der Waals surface area contributed by atoms with E-state index < -0.39 is 0 Å². The van der Waals surface area contributed by atoms with E-state index in [9.17, 15) is 9.59 Å². The Morgan fingerprint density at radius 1 is 0.885 bits per heavy atom. The molecule has 0 aromatic heterocycles. The molecule has 0 saturated carbocycles. The molecule has 4 heteroatoms. The van der Waals surface area contributed by atoms with Gasteiger partial charge in [-0.05, 0) is 55.0 Å². The number of carbonyl (C=O) groups excluding carboxylic acids is 2. The summed E-state index contributed by atoms with van der Waals surface area (Å²) in [6.07, 6.45) is 4.72. The van der Waals surface area contributed by atoms with Gasteiger partial charge in [-0.1, -0.05) is 30.3 Å². The van der Waals surface area contributed by atoms with Gasteiger partial charge in [-0.25, -0.2) is 0 Å². The average molecular weight is 350 g/mol. The van der Waals surface area contributed by atoms with Crippen LogP contribution in [0.5, 0.6) is 0 Å². The van der Waals surface area contributed by atoms with Gasteiger partial charge in [-0.15, -0.1) is 0 Å². The molecule has 0 atom stereocenters. The molecule has 1 aliphatic rings. The summed E-state index contributed by atoms with van der Waals surface area (Å²) in [4.78, 5) is 24.2. The molecule has 0 bridgehead atoms. The molecule has 1 amide bonds. The van der Waals surface area contributed by atoms with E-state index in [-0.39, 0.29) is 24.5 Å². The Morgan fingerprint density at radius 3 is 2.54 bits per heavy atom. The number of fused-ring (bicyclic) bond motifs is 1. The van der Waals surface area contributed by atoms with Crippen molar-refractivity contribution in [3.63, 3.8) is 0 Å². The highest BCUT2D eigenvalue weighted by molar-refractivity contribution is 5.98. The third kappa shape index (κ3) is 5.19. The molecule has 0 unspecified atom stereocenters. The predicted octanol–water partition coefficient (Wildman–Crippen LogP) is 3.76. The molecule has 4 nitrogen and oxygen atoms in total. The van der Waals surface area contributed by atoms with Crippen molar-refractivity contribution in [2.75, 3.05) is 18.4 Å². The Morgan fingerprint density at radius 2 is 1.69 bits per heavy atom. The fourth-order valence-corrected chi connectivity index (χ4v) is 3.31. The van der Waals surface area contributed by atoms with Gasteiger partial charge in [-0.3, -0.25) is 9.59 Å². The third-order valence-electron chi connectivity index (χ3n) is 4.78. The average Bonchev–Trinajstić information content (AvgIpc) is 3.14. The first-order valence-electron chi connectivity index (χ1n) is 9.43. The van der Waals surface area contributed by atoms with Gasteiger partial charge in [0.25, 0.3) is 0 Å². The molecule has 2 aromatic rings. The van der Waals surface area contributed by atoms with Gasteiger partial charge < -0.3 is 10.6 Å². The summed E-state index contributed by atoms with van der Waals surface area (Å²) in [6.45, 7) is 1.42. The minimum absolute atomic E-state index is 0.0561. The van der Waals surface area contributed by atoms with Crippen molar-refractivity contribution >= 4 is 17.4 Å². The Balaban J connectivity index is 1.32. The van der Waals surface area contributed by atoms with E-state index in [0.717, 1.165) is 37.1 Å². The SMILES string of the molecule is O=C(CCC(=O)c1ccc2c(c1)CCC2)NCCCNc1ccccc1. The quantitative estimate of drug-likeness (QED) is 0.535. The molecule has 3 rings (SSSR count). The lowest BCUT2D eigenvalue weighted by atomic mass is 10.0. The van der Waals surface area contributed by atoms with Crippen molar-refractivity contribution in [2.24, 2.45) is 0 Å². The van der Waals surface area contributed by atoms with Crippen LogP contribution in [0.1, 0.15) is 47.2 Å². The van der Waals surface area contributed by atoms with E-state index in [1.807, 2.05) is 42.5 Å². The van der Waals surface area contributed by atoms with Crippen LogP contribution in [-0.4, -0.2) is 24.8 Å². The van der Waals surface area contributed by atoms with Crippen LogP contribution in [0, 0.1) is 0 Å². The molecule has 26 heavy (non-hydrogen) atoms. The minimum Gasteiger partial charge on any atom is -0.385 e. The van der Waals surface area contributed by atoms with Gasteiger partial charge in [0.1, 0.15) is 0 Å². The summed E-state index contributed by atoms with van der Waals surface area (Å²) in [6, 6.07) is 16.0. The van der Waals surface area contributed by atoms with E-state index in [0.29, 0.717) is 6.54 Å². The summed E-state index contributed by atoms with van der Waals surface area (Å²) in [7, 11) is 0. The summed E-state index contributed by atoms with van der Waals surface area (Å²) in [5.74, 6) is -0.000171. The van der Waals surface area contributed by atoms with E-state index in [2.05, 4.69) is 16.7 Å². The molecule has 0 heterocycles. The zero-order valence-corrected chi connectivity index (χ0v) is 15.1. The summed E-state index contributed by atoms with van der Waals surface area (Å²) < 4.78 is 0. The van der Waals surface area contributed by atoms with E-state index in [1.54, 1.807) is 0 Å². The second kappa shape index (κ2) is 9.18. The Kier molecular flexibility index (Phi) is 6.42. The lowest BCUT2D eigenvalue weighted by Crippen LogP contribution is -2.26. The number of carbonyl (C=O) groups is 2. The van der Waals surface area contributed by atoms with E-state index >= 15 is 0 Å². The van der Waals surface area contributed by atoms with Crippen molar-refractivity contribution < 1.29 is 9.59 Å². The molecule has 136 valence electrons. The fourth-order valence-electron chi connectivity index (χ4n) is 3.31. The van der Waals surface area contributed by atoms with Crippen LogP contribution in [0.25, 0.3) is 0 Å². The largest absolute Gasteiger partial charge is 0.385 e. The van der Waals surface area contributed by atoms with E-state index in [1.165, 1.54) is 17.5 Å². The Labute approximate surface area is 155 Å². The van der Waals surface area contributed by atoms with Crippen LogP contribution >= 0.6 is 0 Å². The van der Waals surface area contributed by atoms with Gasteiger partial charge in [0.15, 0.2) is 5.78 Å². The lowest BCUT2D eigenvalue weighted by molar-refractivity contribution is -0.121. The number of hydrogen-bond donors (Lipinski definition) is 2. The van der Waals surface area contributed by atoms with E-state index in [4.69, 9.17) is 0 Å². The number of anilines is 1. The lowest BCUT2D eigenvalue weighted by Gasteiger charge is -2.08. The monoisotopic (exact) mass is 350 g/mol. The van der Waals surface area contributed by atoms with Gasteiger partial charge in [0.05, 0.1) is 0 Å². The van der Waals surface area contributed by atoms with Crippen LogP contribution < -0.4 is 10.6 Å². The number of amides is 1. The van der Waals surface area contributed by atoms with Crippen LogP contribution in [0.2, 0.25) is 0 Å². The molecule has 0 radical (unpaired) electrons. The molecule has 0 saturated heterocycles. The smallest absolute Gasteiger partial charge is 0.220 e. The first kappa shape index (κ1) is 18.2. The second-order valence-corrected chi connectivity index (χ2v) is 6.76. The van der Waals surface area contributed by atoms with Crippen LogP contribution in [0.3, 0.4) is 0 Å². The van der Waals surface area contributed by atoms with Crippen LogP contribution in [-0.2, 0) is 17.6 Å². The van der Waals surface area contributed by atoms with Gasteiger partial charge in [-0.2, -0.15) is 0 Å². The molecular weight excluding hydrogens is 324 g/mol. The highest BCUT2D eigenvalue weighted by Crippen LogP contribution is 2.23. The number of benzene rings is 2. The Hall–Kier alpha value is -2.62. The number of Topliss-reactive ketones (excluding diaryl/α,β-unsaturated/α-hetero) is 1. The van der Waals surface area contributed by atoms with Crippen LogP contribution in [0.15, 0.2) is 48.5 Å². The van der Waals surface area contributed by atoms with Gasteiger partial charge in [0.2, 0.25) is 5.91 Å². The molecule has 2 aromatic carbocycles. The van der Waals surface area contributed by atoms with Crippen molar-refractivity contribution in [3.05, 3.63) is 65.2 Å². The molecule has 0 fully saturated rings. The molecule has 2 N–H and O–H groups in total. The third-order valence-corrected chi connectivity index (χ3v) is 4.78. The second-order valence-electron chi connectivity index (χ2n) is 6.76. The van der Waals surface area contributed by atoms with Crippen molar-refractivity contribution in [1.82, 2.24) is 5.32 Å². The van der Waals surface area contributed by atoms with Gasteiger partial charge >= 0.3 is 0 Å². The number of nitrogens with one attached hydrogen (secondary N) is 2. The number of hydrogen-bond acceptors (Lipinski definition) is 3. The zero-order chi connectivity index (χ0) is 18.2. The standard InChI is InChI=1S/C22H26N2O2/c25-21(19-11-10-17-6-4-7-18(17)16-19)12-13-22(26)24-15-5-14-23-20-8-2-1-3-9-20/h1-3,8-11,16,23H,4-7,12-15H2,(H,24,26). The normalized spacial score (nSPS) is 12.5. The number of rotatable bonds is 9. The maximum atomic E-state index is 12.3. The molecule has 0 spiro atoms. The molecule has 1 aliphatic carbocycles. The highest BCUT2D eigenvalue weighted by atomic mass is 16.2. The predicted molar refractivity (Wildman–Crippen MR) is 105 cm³/mol. The molecular formula is C22H26N2O2. The maximum Gasteiger partial charge on any atom is 0.220 e. The fraction of sp³-hybridized carbons (Fsp3) is 0.364. The topological polar surface area (TPSA) is 58.2 Å². The summed E-state index contributed by atoms with van der Waals surface area (Å²) in [5.41, 5.74) is 4.49. The van der Waals surface area contributed by atoms with Crippen LogP contribution in [0.4, 0.5) is 5.69 Å². The first-order chi connectivity index (χ1) is 12.7. The molecule has 0 aliphatic heterocycles. The number of para-hydroxylation sites is 1. The summed E-state index contributed by atoms with van der Waals surface area (Å²) in [5, 5.41) is 6.19. The first-order valence-corrected chi connectivity index (χ1v) is 9.43.